The van der Waals surface area contributed by atoms with Crippen LogP contribution in [0, 0.1) is 24.7 Å². The normalized spacial score (nSPS) is 33.2. The highest BCUT2D eigenvalue weighted by Gasteiger charge is 2.56. The molecule has 1 aromatic heterocycles. The fourth-order valence-electron chi connectivity index (χ4n) is 5.80. The van der Waals surface area contributed by atoms with Crippen molar-refractivity contribution in [2.24, 2.45) is 23.5 Å². The molecule has 0 spiro atoms. The van der Waals surface area contributed by atoms with Crippen LogP contribution in [0.3, 0.4) is 0 Å². The number of rotatable bonds is 9. The summed E-state index contributed by atoms with van der Waals surface area (Å²) in [6.07, 6.45) is 13.9. The van der Waals surface area contributed by atoms with Crippen molar-refractivity contribution >= 4 is 18.0 Å². The number of hydrogen-bond donors (Lipinski definition) is 3. The van der Waals surface area contributed by atoms with Crippen LogP contribution in [0.4, 0.5) is 0 Å². The second-order valence-electron chi connectivity index (χ2n) is 12.6. The summed E-state index contributed by atoms with van der Waals surface area (Å²) in [7, 11) is 1.61. The monoisotopic (exact) mass is 626 g/mol. The number of carbonyl (C=O) groups is 2. The Morgan fingerprint density at radius 1 is 1.27 bits per heavy atom. The molecule has 3 heterocycles. The summed E-state index contributed by atoms with van der Waals surface area (Å²) in [5, 5.41) is 22.1. The average Bonchev–Trinajstić information content (AvgIpc) is 3.47. The topological polar surface area (TPSA) is 158 Å². The number of amides is 1. The fraction of sp³-hybridized carbons (Fsp3) is 0.571. The van der Waals surface area contributed by atoms with Crippen LogP contribution in [0.25, 0.3) is 6.08 Å². The van der Waals surface area contributed by atoms with E-state index >= 15 is 0 Å². The Morgan fingerprint density at radius 2 is 2.00 bits per heavy atom. The van der Waals surface area contributed by atoms with Gasteiger partial charge in [-0.25, -0.2) is 9.78 Å². The lowest BCUT2D eigenvalue weighted by Gasteiger charge is -2.32. The second-order valence-corrected chi connectivity index (χ2v) is 12.6. The van der Waals surface area contributed by atoms with Crippen LogP contribution in [0.15, 0.2) is 64.4 Å². The van der Waals surface area contributed by atoms with E-state index in [2.05, 4.69) is 4.98 Å². The molecular formula is C35H50N2O8. The molecule has 0 aliphatic carbocycles. The van der Waals surface area contributed by atoms with Crippen LogP contribution in [0.2, 0.25) is 0 Å². The number of nitrogens with two attached hydrogens (primary N) is 1. The number of hydrogen-bond acceptors (Lipinski definition) is 9. The number of methoxy groups -OCH3 is 1. The number of aliphatic hydroxyl groups excluding tert-OH is 2. The number of primary amides is 1. The van der Waals surface area contributed by atoms with Gasteiger partial charge >= 0.3 is 5.97 Å². The third-order valence-electron chi connectivity index (χ3n) is 8.76. The summed E-state index contributed by atoms with van der Waals surface area (Å²) < 4.78 is 23.0. The van der Waals surface area contributed by atoms with Crippen LogP contribution in [-0.2, 0) is 23.8 Å². The van der Waals surface area contributed by atoms with Crippen molar-refractivity contribution in [1.29, 1.82) is 0 Å². The van der Waals surface area contributed by atoms with Crippen molar-refractivity contribution in [2.75, 3.05) is 7.11 Å². The van der Waals surface area contributed by atoms with E-state index < -0.39 is 41.9 Å². The molecule has 1 fully saturated rings. The molecule has 2 aliphatic rings. The fourth-order valence-corrected chi connectivity index (χ4v) is 5.80. The molecule has 4 N–H and O–H groups in total. The largest absolute Gasteiger partial charge is 0.459 e. The van der Waals surface area contributed by atoms with Gasteiger partial charge in [0, 0.05) is 44.8 Å². The Bertz CT molecular complexity index is 1310. The van der Waals surface area contributed by atoms with E-state index in [4.69, 9.17) is 24.4 Å². The number of fused-ring (bicyclic) bond motifs is 1. The van der Waals surface area contributed by atoms with Gasteiger partial charge in [0.1, 0.15) is 29.8 Å². The number of cyclic esters (lactones) is 1. The number of esters is 1. The number of oxazole rings is 1. The lowest BCUT2D eigenvalue weighted by atomic mass is 9.85. The summed E-state index contributed by atoms with van der Waals surface area (Å²) in [5.74, 6) is -1.21. The zero-order valence-electron chi connectivity index (χ0n) is 27.5. The van der Waals surface area contributed by atoms with Gasteiger partial charge in [0.05, 0.1) is 18.3 Å². The highest BCUT2D eigenvalue weighted by molar-refractivity contribution is 5.82. The summed E-state index contributed by atoms with van der Waals surface area (Å²) in [6.45, 7) is 11.3. The number of nitrogens with zero attached hydrogens (tertiary/aromatic N) is 1. The first-order valence-electron chi connectivity index (χ1n) is 15.6. The molecule has 248 valence electrons. The molecule has 1 aromatic rings. The molecule has 0 radical (unpaired) electrons. The molecule has 1 saturated heterocycles. The summed E-state index contributed by atoms with van der Waals surface area (Å²) in [6, 6.07) is 0. The lowest BCUT2D eigenvalue weighted by Crippen LogP contribution is -2.41. The third-order valence-corrected chi connectivity index (χ3v) is 8.76. The molecule has 9 atom stereocenters. The van der Waals surface area contributed by atoms with Crippen molar-refractivity contribution < 1.29 is 38.4 Å². The van der Waals surface area contributed by atoms with Crippen molar-refractivity contribution in [2.45, 2.75) is 103 Å². The first kappa shape index (κ1) is 36.2. The van der Waals surface area contributed by atoms with Gasteiger partial charge in [-0.15, -0.1) is 0 Å². The van der Waals surface area contributed by atoms with Gasteiger partial charge in [-0.3, -0.25) is 4.79 Å². The molecular weight excluding hydrogens is 576 g/mol. The number of aliphatic hydroxyl groups is 2. The molecule has 45 heavy (non-hydrogen) atoms. The van der Waals surface area contributed by atoms with Crippen molar-refractivity contribution in [3.05, 3.63) is 71.5 Å². The molecule has 0 aromatic carbocycles. The predicted octanol–water partition coefficient (Wildman–Crippen LogP) is 4.76. The molecule has 10 heteroatoms. The third kappa shape index (κ3) is 10.6. The van der Waals surface area contributed by atoms with E-state index in [1.54, 1.807) is 26.4 Å². The number of epoxide rings is 1. The maximum absolute atomic E-state index is 13.0. The number of ether oxygens (including phenoxy) is 3. The van der Waals surface area contributed by atoms with Crippen molar-refractivity contribution in [3.8, 4) is 0 Å². The molecule has 2 unspecified atom stereocenters. The molecule has 3 rings (SSSR count). The minimum absolute atomic E-state index is 0.0906. The van der Waals surface area contributed by atoms with Gasteiger partial charge < -0.3 is 34.6 Å². The Hall–Kier alpha value is -3.31. The molecule has 10 nitrogen and oxygen atoms in total. The van der Waals surface area contributed by atoms with E-state index in [-0.39, 0.29) is 36.7 Å². The SMILES string of the molecule is CO[C@H](/C(C)=C/C=C/C(C)=C/c1coc(C)n1)C(C)[C@H]1C[C@@H](O)C2(C)O[C@H]2/C=C/[C@H](C)[C@@H](O)C[C@@H](CC(N)=O)C/C=C/C(=O)O1. The van der Waals surface area contributed by atoms with Gasteiger partial charge in [0.2, 0.25) is 5.91 Å². The number of aryl methyl sites for hydroxylation is 1. The van der Waals surface area contributed by atoms with E-state index in [1.165, 1.54) is 6.08 Å². The van der Waals surface area contributed by atoms with Crippen LogP contribution in [0.1, 0.15) is 71.9 Å². The van der Waals surface area contributed by atoms with E-state index in [9.17, 15) is 19.8 Å². The number of allylic oxidation sites excluding steroid dienone is 5. The number of aromatic nitrogens is 1. The van der Waals surface area contributed by atoms with Crippen LogP contribution >= 0.6 is 0 Å². The minimum atomic E-state index is -0.931. The predicted molar refractivity (Wildman–Crippen MR) is 172 cm³/mol. The maximum Gasteiger partial charge on any atom is 0.330 e. The zero-order valence-corrected chi connectivity index (χ0v) is 27.5. The average molecular weight is 627 g/mol. The van der Waals surface area contributed by atoms with Crippen molar-refractivity contribution in [1.82, 2.24) is 4.98 Å². The van der Waals surface area contributed by atoms with Crippen LogP contribution in [0.5, 0.6) is 0 Å². The first-order chi connectivity index (χ1) is 21.2. The summed E-state index contributed by atoms with van der Waals surface area (Å²) >= 11 is 0. The first-order valence-corrected chi connectivity index (χ1v) is 15.6. The van der Waals surface area contributed by atoms with Crippen LogP contribution < -0.4 is 5.73 Å². The zero-order chi connectivity index (χ0) is 33.3. The van der Waals surface area contributed by atoms with Gasteiger partial charge in [-0.1, -0.05) is 50.3 Å². The number of carbonyl (C=O) groups excluding carboxylic acids is 2. The highest BCUT2D eigenvalue weighted by Crippen LogP contribution is 2.43. The lowest BCUT2D eigenvalue weighted by molar-refractivity contribution is -0.150. The Kier molecular flexibility index (Phi) is 13.1. The minimum Gasteiger partial charge on any atom is -0.459 e. The van der Waals surface area contributed by atoms with Crippen LogP contribution in [-0.4, -0.2) is 70.3 Å². The van der Waals surface area contributed by atoms with Gasteiger partial charge in [0.15, 0.2) is 5.89 Å². The standard InChI is InChI=1S/C35H50N2O8/c1-21(16-27-20-43-25(5)37-27)10-8-11-23(3)34(42-7)24(4)29-19-30(39)35(6)31(45-35)15-14-22(2)28(38)17-26(18-32(36)40)12-9-13-33(41)44-29/h8-11,13-16,20,22,24,26,28-31,34,38-39H,12,17-19H2,1-7H3,(H2,36,40)/b10-8+,13-9+,15-14+,21-16+,23-11+/t22-,24?,26-,28-,29+,30+,31-,34+,35?/m0/s1. The summed E-state index contributed by atoms with van der Waals surface area (Å²) in [4.78, 5) is 29.0. The Morgan fingerprint density at radius 3 is 2.64 bits per heavy atom. The van der Waals surface area contributed by atoms with E-state index in [0.717, 1.165) is 16.8 Å². The van der Waals surface area contributed by atoms with Crippen molar-refractivity contribution in [3.63, 3.8) is 0 Å². The second kappa shape index (κ2) is 16.3. The van der Waals surface area contributed by atoms with Gasteiger partial charge in [-0.05, 0) is 56.8 Å². The summed E-state index contributed by atoms with van der Waals surface area (Å²) in [5.41, 5.74) is 7.23. The molecule has 2 aliphatic heterocycles. The van der Waals surface area contributed by atoms with E-state index in [1.807, 2.05) is 71.1 Å². The maximum atomic E-state index is 13.0. The molecule has 0 bridgehead atoms. The Labute approximate surface area is 266 Å². The Balaban J connectivity index is 1.82. The van der Waals surface area contributed by atoms with Gasteiger partial charge in [0.25, 0.3) is 0 Å². The smallest absolute Gasteiger partial charge is 0.330 e. The molecule has 0 saturated carbocycles. The quantitative estimate of drug-likeness (QED) is 0.152. The van der Waals surface area contributed by atoms with Gasteiger partial charge in [-0.2, -0.15) is 0 Å². The molecule has 1 amide bonds. The van der Waals surface area contributed by atoms with E-state index in [0.29, 0.717) is 18.7 Å². The highest BCUT2D eigenvalue weighted by atomic mass is 16.6.